The van der Waals surface area contributed by atoms with Crippen LogP contribution >= 0.6 is 0 Å². The van der Waals surface area contributed by atoms with Gasteiger partial charge < -0.3 is 14.7 Å². The smallest absolute Gasteiger partial charge is 0.319 e. The van der Waals surface area contributed by atoms with Gasteiger partial charge in [0.15, 0.2) is 7.98 Å². The maximum absolute atomic E-state index is 11.0. The van der Waals surface area contributed by atoms with Gasteiger partial charge in [-0.15, -0.1) is 0 Å². The summed E-state index contributed by atoms with van der Waals surface area (Å²) in [6.45, 7) is 2.03. The molecule has 1 aliphatic rings. The number of hydrogen-bond acceptors (Lipinski definition) is 4. The number of carbonyl (C=O) groups is 2. The molecule has 0 aliphatic carbocycles. The first-order chi connectivity index (χ1) is 7.45. The lowest BCUT2D eigenvalue weighted by Crippen LogP contribution is -2.42. The predicted molar refractivity (Wildman–Crippen MR) is 61.2 cm³/mol. The van der Waals surface area contributed by atoms with Crippen molar-refractivity contribution in [1.82, 2.24) is 9.62 Å². The number of hydrogen-bond donors (Lipinski definition) is 1. The number of carboxylic acids is 1. The van der Waals surface area contributed by atoms with E-state index in [1.165, 1.54) is 19.0 Å². The molecule has 0 aromatic heterocycles. The van der Waals surface area contributed by atoms with Gasteiger partial charge in [0.05, 0.1) is 6.04 Å². The van der Waals surface area contributed by atoms with E-state index in [4.69, 9.17) is 20.8 Å². The Morgan fingerprint density at radius 1 is 1.62 bits per heavy atom. The van der Waals surface area contributed by atoms with E-state index < -0.39 is 12.0 Å². The van der Waals surface area contributed by atoms with E-state index in [0.29, 0.717) is 13.0 Å². The van der Waals surface area contributed by atoms with Crippen molar-refractivity contribution in [2.45, 2.75) is 25.4 Å². The van der Waals surface area contributed by atoms with E-state index >= 15 is 0 Å². The minimum atomic E-state index is -0.954. The van der Waals surface area contributed by atoms with Crippen molar-refractivity contribution in [3.05, 3.63) is 0 Å². The molecular formula is C8H12B3N2O3. The van der Waals surface area contributed by atoms with Crippen LogP contribution < -0.4 is 0 Å². The minimum Gasteiger partial charge on any atom is -0.480 e. The van der Waals surface area contributed by atoms with Crippen LogP contribution in [0.1, 0.15) is 13.3 Å². The van der Waals surface area contributed by atoms with E-state index in [-0.39, 0.29) is 18.4 Å². The molecular weight excluding hydrogens is 205 g/mol. The zero-order chi connectivity index (χ0) is 12.3. The first-order valence-corrected chi connectivity index (χ1v) is 5.00. The van der Waals surface area contributed by atoms with Gasteiger partial charge >= 0.3 is 5.97 Å². The number of Topliss-reactive ketones (excluding diaryl/α,β-unsaturated/α-hetero) is 1. The van der Waals surface area contributed by atoms with E-state index in [1.807, 2.05) is 0 Å². The Kier molecular flexibility index (Phi) is 4.62. The van der Waals surface area contributed by atoms with Crippen LogP contribution in [0.15, 0.2) is 0 Å². The van der Waals surface area contributed by atoms with Crippen LogP contribution in [-0.2, 0) is 9.59 Å². The summed E-state index contributed by atoms with van der Waals surface area (Å²) in [5.74, 6) is -0.978. The van der Waals surface area contributed by atoms with Crippen LogP contribution in [0.4, 0.5) is 0 Å². The highest BCUT2D eigenvalue weighted by Gasteiger charge is 2.36. The SMILES string of the molecule is [B][B]N(CC(C)=O)C1CC(C(=O)O)N([B])C1. The fourth-order valence-corrected chi connectivity index (χ4v) is 1.88. The Bertz CT molecular complexity index is 290. The number of carboxylic acid groups (broad SMARTS) is 1. The summed E-state index contributed by atoms with van der Waals surface area (Å²) in [4.78, 5) is 24.7. The summed E-state index contributed by atoms with van der Waals surface area (Å²) in [7, 11) is 12.3. The predicted octanol–water partition coefficient (Wildman–Crippen LogP) is -1.81. The second-order valence-corrected chi connectivity index (χ2v) is 3.96. The fraction of sp³-hybridized carbons (Fsp3) is 0.750. The average molecular weight is 217 g/mol. The molecule has 1 aliphatic heterocycles. The molecule has 16 heavy (non-hydrogen) atoms. The highest BCUT2D eigenvalue weighted by Crippen LogP contribution is 2.19. The van der Waals surface area contributed by atoms with Gasteiger partial charge in [0, 0.05) is 26.9 Å². The maximum atomic E-state index is 11.0. The van der Waals surface area contributed by atoms with Crippen LogP contribution in [-0.4, -0.2) is 74.7 Å². The maximum Gasteiger partial charge on any atom is 0.319 e. The number of rotatable bonds is 5. The molecule has 0 spiro atoms. The van der Waals surface area contributed by atoms with E-state index in [9.17, 15) is 9.59 Å². The Labute approximate surface area is 98.2 Å². The third kappa shape index (κ3) is 3.12. The highest BCUT2D eigenvalue weighted by atomic mass is 16.4. The Morgan fingerprint density at radius 2 is 2.25 bits per heavy atom. The summed E-state index contributed by atoms with van der Waals surface area (Å²) in [5.41, 5.74) is 0. The molecule has 2 unspecified atom stereocenters. The van der Waals surface area contributed by atoms with E-state index in [2.05, 4.69) is 0 Å². The molecule has 5 radical (unpaired) electrons. The fourth-order valence-electron chi connectivity index (χ4n) is 1.88. The number of nitrogens with zero attached hydrogens (tertiary/aromatic N) is 2. The summed E-state index contributed by atoms with van der Waals surface area (Å²) in [5, 5.41) is 8.89. The van der Waals surface area contributed by atoms with Gasteiger partial charge in [-0.1, -0.05) is 0 Å². The molecule has 1 saturated heterocycles. The topological polar surface area (TPSA) is 60.9 Å². The lowest BCUT2D eigenvalue weighted by molar-refractivity contribution is -0.140. The van der Waals surface area contributed by atoms with Crippen molar-refractivity contribution < 1.29 is 14.7 Å². The van der Waals surface area contributed by atoms with Crippen LogP contribution in [0.2, 0.25) is 0 Å². The van der Waals surface area contributed by atoms with Gasteiger partial charge in [0.2, 0.25) is 0 Å². The first kappa shape index (κ1) is 13.3. The normalized spacial score (nSPS) is 25.9. The molecule has 2 atom stereocenters. The van der Waals surface area contributed by atoms with Crippen molar-refractivity contribution in [2.75, 3.05) is 13.1 Å². The Morgan fingerprint density at radius 3 is 2.62 bits per heavy atom. The molecule has 1 N–H and O–H groups in total. The standard InChI is InChI=1S/C8H12B3N2O3/c1-5(14)3-13(11-9)6-2-7(8(15)16)12(10)4-6/h6-7H,2-4H2,1H3,(H,15,16). The van der Waals surface area contributed by atoms with Crippen molar-refractivity contribution in [2.24, 2.45) is 0 Å². The number of carbonyl (C=O) groups excluding carboxylic acids is 1. The molecule has 0 saturated carbocycles. The van der Waals surface area contributed by atoms with Crippen LogP contribution in [0.5, 0.6) is 0 Å². The van der Waals surface area contributed by atoms with Gasteiger partial charge in [-0.25, -0.2) is 0 Å². The van der Waals surface area contributed by atoms with Gasteiger partial charge in [-0.2, -0.15) is 0 Å². The zero-order valence-corrected chi connectivity index (χ0v) is 9.17. The molecule has 5 nitrogen and oxygen atoms in total. The van der Waals surface area contributed by atoms with Gasteiger partial charge in [-0.3, -0.25) is 9.59 Å². The minimum absolute atomic E-state index is 0.0240. The van der Waals surface area contributed by atoms with Gasteiger partial charge in [0.1, 0.15) is 13.1 Å². The van der Waals surface area contributed by atoms with Gasteiger partial charge in [-0.05, 0) is 13.3 Å². The molecule has 1 heterocycles. The Hall–Kier alpha value is -0.745. The second kappa shape index (κ2) is 5.54. The second-order valence-electron chi connectivity index (χ2n) is 3.96. The largest absolute Gasteiger partial charge is 0.480 e. The van der Waals surface area contributed by atoms with Crippen LogP contribution in [0, 0.1) is 0 Å². The van der Waals surface area contributed by atoms with Crippen LogP contribution in [0.25, 0.3) is 0 Å². The Balaban J connectivity index is 2.61. The summed E-state index contributed by atoms with van der Waals surface area (Å²) in [6, 6.07) is -0.834. The van der Waals surface area contributed by atoms with E-state index in [0.717, 1.165) is 0 Å². The third-order valence-corrected chi connectivity index (χ3v) is 2.67. The molecule has 8 heteroatoms. The molecule has 81 valence electrons. The van der Waals surface area contributed by atoms with Crippen molar-refractivity contribution >= 4 is 34.8 Å². The average Bonchev–Trinajstić information content (AvgIpc) is 2.56. The van der Waals surface area contributed by atoms with Gasteiger partial charge in [0.25, 0.3) is 0 Å². The molecule has 1 rings (SSSR count). The lowest BCUT2D eigenvalue weighted by atomic mass is 9.64. The molecule has 0 aromatic carbocycles. The van der Waals surface area contributed by atoms with E-state index in [1.54, 1.807) is 4.81 Å². The summed E-state index contributed by atoms with van der Waals surface area (Å²) >= 11 is 0. The lowest BCUT2D eigenvalue weighted by Gasteiger charge is -2.26. The molecule has 1 fully saturated rings. The van der Waals surface area contributed by atoms with Crippen molar-refractivity contribution in [1.29, 1.82) is 0 Å². The quantitative estimate of drug-likeness (QED) is 0.549. The number of ketones is 1. The summed E-state index contributed by atoms with van der Waals surface area (Å²) < 4.78 is 0. The van der Waals surface area contributed by atoms with Crippen LogP contribution in [0.3, 0.4) is 0 Å². The number of aliphatic carboxylic acids is 1. The highest BCUT2D eigenvalue weighted by molar-refractivity contribution is 6.87. The monoisotopic (exact) mass is 217 g/mol. The first-order valence-electron chi connectivity index (χ1n) is 5.00. The molecule has 0 bridgehead atoms. The molecule has 0 aromatic rings. The zero-order valence-electron chi connectivity index (χ0n) is 9.17. The van der Waals surface area contributed by atoms with Crippen molar-refractivity contribution in [3.8, 4) is 0 Å². The third-order valence-electron chi connectivity index (χ3n) is 2.67. The summed E-state index contributed by atoms with van der Waals surface area (Å²) in [6.07, 6.45) is 0.368. The molecule has 0 amide bonds. The van der Waals surface area contributed by atoms with Crippen molar-refractivity contribution in [3.63, 3.8) is 0 Å².